The van der Waals surface area contributed by atoms with Crippen LogP contribution in [0.15, 0.2) is 18.2 Å². The van der Waals surface area contributed by atoms with Gasteiger partial charge in [0.05, 0.1) is 0 Å². The Labute approximate surface area is 236 Å². The molecule has 0 radical (unpaired) electrons. The predicted octanol–water partition coefficient (Wildman–Crippen LogP) is 6.40. The van der Waals surface area contributed by atoms with Gasteiger partial charge < -0.3 is 25.4 Å². The van der Waals surface area contributed by atoms with Gasteiger partial charge in [0.15, 0.2) is 0 Å². The summed E-state index contributed by atoms with van der Waals surface area (Å²) < 4.78 is 5.47. The Morgan fingerprint density at radius 1 is 1.00 bits per heavy atom. The van der Waals surface area contributed by atoms with E-state index in [1.54, 1.807) is 50.8 Å². The van der Waals surface area contributed by atoms with Crippen LogP contribution in [-0.4, -0.2) is 52.6 Å². The first-order valence-corrected chi connectivity index (χ1v) is 14.7. The number of phenolic OH excluding ortho intramolecular Hbond substituents is 1. The average Bonchev–Trinajstić information content (AvgIpc) is 2.86. The average molecular weight is 548 g/mol. The maximum Gasteiger partial charge on any atom is 0.408 e. The third-order valence-corrected chi connectivity index (χ3v) is 6.89. The molecule has 0 heterocycles. The molecular weight excluding hydrogens is 494 g/mol. The summed E-state index contributed by atoms with van der Waals surface area (Å²) in [7, 11) is 0. The molecule has 0 fully saturated rings. The Kier molecular flexibility index (Phi) is 15.0. The molecule has 3 atom stereocenters. The minimum Gasteiger partial charge on any atom is -0.507 e. The van der Waals surface area contributed by atoms with Crippen molar-refractivity contribution < 1.29 is 24.2 Å². The number of carbonyl (C=O) groups excluding carboxylic acids is 3. The first-order valence-electron chi connectivity index (χ1n) is 14.7. The third-order valence-electron chi connectivity index (χ3n) is 6.89. The highest BCUT2D eigenvalue weighted by molar-refractivity contribution is 5.92. The lowest BCUT2D eigenvalue weighted by molar-refractivity contribution is -0.143. The van der Waals surface area contributed by atoms with Crippen LogP contribution in [0, 0.1) is 12.8 Å². The van der Waals surface area contributed by atoms with Crippen molar-refractivity contribution in [2.75, 3.05) is 13.1 Å². The zero-order valence-corrected chi connectivity index (χ0v) is 25.6. The Balaban J connectivity index is 3.54. The van der Waals surface area contributed by atoms with Gasteiger partial charge in [-0.3, -0.25) is 9.59 Å². The molecule has 39 heavy (non-hydrogen) atoms. The van der Waals surface area contributed by atoms with Crippen molar-refractivity contribution in [2.45, 2.75) is 124 Å². The number of nitrogens with one attached hydrogen (secondary N) is 2. The summed E-state index contributed by atoms with van der Waals surface area (Å²) in [5.74, 6) is -0.909. The number of hydrogen-bond donors (Lipinski definition) is 3. The lowest BCUT2D eigenvalue weighted by atomic mass is 9.94. The Hall–Kier alpha value is -2.77. The van der Waals surface area contributed by atoms with Crippen LogP contribution in [0.4, 0.5) is 4.79 Å². The number of alkyl carbamates (subject to hydrolysis) is 1. The van der Waals surface area contributed by atoms with Gasteiger partial charge in [0.2, 0.25) is 11.8 Å². The molecule has 0 bridgehead atoms. The van der Waals surface area contributed by atoms with E-state index >= 15 is 0 Å². The standard InChI is InChI=1S/C31H53N3O5/c1-9-12-14-15-16-21-34(29(37)25(22(4)11-3)33-30(38)39-31(6,7)8)26(28(36)32-20-13-10-2)24-19-17-18-23(5)27(24)35/h17-19,22,25-26,35H,9-16,20-21H2,1-8H3,(H,32,36)(H,33,38). The van der Waals surface area contributed by atoms with E-state index in [0.717, 1.165) is 38.5 Å². The molecule has 1 aromatic rings. The Morgan fingerprint density at radius 3 is 2.23 bits per heavy atom. The van der Waals surface area contributed by atoms with E-state index in [-0.39, 0.29) is 23.5 Å². The summed E-state index contributed by atoms with van der Waals surface area (Å²) in [5.41, 5.74) is 0.284. The van der Waals surface area contributed by atoms with Gasteiger partial charge in [-0.1, -0.05) is 84.4 Å². The van der Waals surface area contributed by atoms with Crippen molar-refractivity contribution in [1.82, 2.24) is 15.5 Å². The molecule has 1 aromatic carbocycles. The zero-order chi connectivity index (χ0) is 29.6. The topological polar surface area (TPSA) is 108 Å². The van der Waals surface area contributed by atoms with Crippen LogP contribution in [0.25, 0.3) is 0 Å². The Bertz CT molecular complexity index is 912. The maximum atomic E-state index is 14.3. The summed E-state index contributed by atoms with van der Waals surface area (Å²) in [6.07, 6.45) is 6.53. The summed E-state index contributed by atoms with van der Waals surface area (Å²) in [4.78, 5) is 42.3. The van der Waals surface area contributed by atoms with E-state index < -0.39 is 23.8 Å². The summed E-state index contributed by atoms with van der Waals surface area (Å²) in [6.45, 7) is 15.9. The minimum atomic E-state index is -1.03. The largest absolute Gasteiger partial charge is 0.507 e. The van der Waals surface area contributed by atoms with Gasteiger partial charge in [-0.15, -0.1) is 0 Å². The molecule has 0 aliphatic rings. The van der Waals surface area contributed by atoms with E-state index in [2.05, 4.69) is 17.6 Å². The minimum absolute atomic E-state index is 0.00267. The normalized spacial score (nSPS) is 13.7. The van der Waals surface area contributed by atoms with Gasteiger partial charge in [-0.2, -0.15) is 0 Å². The fraction of sp³-hybridized carbons (Fsp3) is 0.710. The van der Waals surface area contributed by atoms with Crippen molar-refractivity contribution in [3.63, 3.8) is 0 Å². The number of rotatable bonds is 16. The van der Waals surface area contributed by atoms with Crippen LogP contribution in [-0.2, 0) is 14.3 Å². The first-order chi connectivity index (χ1) is 18.4. The Morgan fingerprint density at radius 2 is 1.64 bits per heavy atom. The van der Waals surface area contributed by atoms with E-state index in [1.807, 2.05) is 20.8 Å². The molecule has 8 nitrogen and oxygen atoms in total. The molecule has 0 aromatic heterocycles. The number of unbranched alkanes of at least 4 members (excludes halogenated alkanes) is 5. The molecule has 0 spiro atoms. The molecule has 0 saturated heterocycles. The maximum absolute atomic E-state index is 14.3. The first kappa shape index (κ1) is 34.3. The number of amides is 3. The second-order valence-corrected chi connectivity index (χ2v) is 11.5. The van der Waals surface area contributed by atoms with Gasteiger partial charge in [-0.25, -0.2) is 4.79 Å². The monoisotopic (exact) mass is 547 g/mol. The second kappa shape index (κ2) is 17.0. The van der Waals surface area contributed by atoms with Crippen LogP contribution >= 0.6 is 0 Å². The molecule has 8 heteroatoms. The number of carbonyl (C=O) groups is 3. The number of nitrogens with zero attached hydrogens (tertiary/aromatic N) is 1. The van der Waals surface area contributed by atoms with Crippen molar-refractivity contribution in [2.24, 2.45) is 5.92 Å². The van der Waals surface area contributed by atoms with Crippen molar-refractivity contribution >= 4 is 17.9 Å². The lowest BCUT2D eigenvalue weighted by Crippen LogP contribution is -2.55. The number of hydrogen-bond acceptors (Lipinski definition) is 5. The van der Waals surface area contributed by atoms with Gasteiger partial charge >= 0.3 is 6.09 Å². The number of aryl methyl sites for hydroxylation is 1. The molecular formula is C31H53N3O5. The SMILES string of the molecule is CCCCCCCN(C(=O)C(NC(=O)OC(C)(C)C)C(C)CC)C(C(=O)NCCCC)c1cccc(C)c1O. The summed E-state index contributed by atoms with van der Waals surface area (Å²) >= 11 is 0. The molecule has 0 aliphatic heterocycles. The van der Waals surface area contributed by atoms with Crippen LogP contribution in [0.5, 0.6) is 5.75 Å². The molecule has 3 amide bonds. The highest BCUT2D eigenvalue weighted by Crippen LogP contribution is 2.33. The fourth-order valence-electron chi connectivity index (χ4n) is 4.39. The molecule has 0 aliphatic carbocycles. The number of phenols is 1. The van der Waals surface area contributed by atoms with Crippen LogP contribution in [0.3, 0.4) is 0 Å². The highest BCUT2D eigenvalue weighted by Gasteiger charge is 2.39. The molecule has 1 rings (SSSR count). The quantitative estimate of drug-likeness (QED) is 0.208. The van der Waals surface area contributed by atoms with E-state index in [9.17, 15) is 19.5 Å². The summed E-state index contributed by atoms with van der Waals surface area (Å²) in [5, 5.41) is 16.8. The number of ether oxygens (including phenoxy) is 1. The second-order valence-electron chi connectivity index (χ2n) is 11.5. The van der Waals surface area contributed by atoms with Gasteiger partial charge in [-0.05, 0) is 52.0 Å². The molecule has 0 saturated carbocycles. The van der Waals surface area contributed by atoms with Crippen LogP contribution in [0.2, 0.25) is 0 Å². The number of benzene rings is 1. The third kappa shape index (κ3) is 11.5. The van der Waals surface area contributed by atoms with Crippen LogP contribution < -0.4 is 10.6 Å². The van der Waals surface area contributed by atoms with Gasteiger partial charge in [0.1, 0.15) is 23.4 Å². The number of para-hydroxylation sites is 1. The number of aromatic hydroxyl groups is 1. The molecule has 3 N–H and O–H groups in total. The van der Waals surface area contributed by atoms with E-state index in [4.69, 9.17) is 4.74 Å². The zero-order valence-electron chi connectivity index (χ0n) is 25.6. The lowest BCUT2D eigenvalue weighted by Gasteiger charge is -2.36. The van der Waals surface area contributed by atoms with Crippen molar-refractivity contribution in [1.29, 1.82) is 0 Å². The fourth-order valence-corrected chi connectivity index (χ4v) is 4.39. The highest BCUT2D eigenvalue weighted by atomic mass is 16.6. The predicted molar refractivity (Wildman–Crippen MR) is 157 cm³/mol. The van der Waals surface area contributed by atoms with Gasteiger partial charge in [0, 0.05) is 18.7 Å². The summed E-state index contributed by atoms with van der Waals surface area (Å²) in [6, 6.07) is 3.33. The van der Waals surface area contributed by atoms with Crippen molar-refractivity contribution in [3.05, 3.63) is 29.3 Å². The molecule has 222 valence electrons. The molecule has 3 unspecified atom stereocenters. The smallest absolute Gasteiger partial charge is 0.408 e. The van der Waals surface area contributed by atoms with Gasteiger partial charge in [0.25, 0.3) is 0 Å². The van der Waals surface area contributed by atoms with E-state index in [1.165, 1.54) is 0 Å². The van der Waals surface area contributed by atoms with Crippen molar-refractivity contribution in [3.8, 4) is 5.75 Å². The van der Waals surface area contributed by atoms with Crippen LogP contribution in [0.1, 0.15) is 117 Å². The van der Waals surface area contributed by atoms with E-state index in [0.29, 0.717) is 37.1 Å².